The summed E-state index contributed by atoms with van der Waals surface area (Å²) in [4.78, 5) is 24.7. The number of para-hydroxylation sites is 3. The van der Waals surface area contributed by atoms with Gasteiger partial charge in [-0.3, -0.25) is 9.59 Å². The number of nitrogens with one attached hydrogen (secondary N) is 2. The lowest BCUT2D eigenvalue weighted by Gasteiger charge is -2.25. The van der Waals surface area contributed by atoms with E-state index in [1.807, 2.05) is 54.1 Å². The first kappa shape index (κ1) is 17.9. The van der Waals surface area contributed by atoms with Crippen LogP contribution in [0, 0.1) is 0 Å². The predicted octanol–water partition coefficient (Wildman–Crippen LogP) is 1.86. The average Bonchev–Trinajstić information content (AvgIpc) is 3.07. The van der Waals surface area contributed by atoms with Gasteiger partial charge in [0.25, 0.3) is 11.8 Å². The van der Waals surface area contributed by atoms with Crippen LogP contribution in [0.25, 0.3) is 10.9 Å². The largest absolute Gasteiger partial charge is 0.485 e. The van der Waals surface area contributed by atoms with E-state index in [2.05, 4.69) is 10.6 Å². The number of rotatable bonds is 5. The van der Waals surface area contributed by atoms with E-state index in [1.165, 1.54) is 0 Å². The highest BCUT2D eigenvalue weighted by molar-refractivity contribution is 5.98. The number of carbonyl (C=O) groups excluding carboxylic acids is 2. The van der Waals surface area contributed by atoms with Crippen molar-refractivity contribution in [3.05, 3.63) is 60.3 Å². The highest BCUT2D eigenvalue weighted by Crippen LogP contribution is 2.30. The highest BCUT2D eigenvalue weighted by Gasteiger charge is 2.26. The van der Waals surface area contributed by atoms with Crippen molar-refractivity contribution in [2.45, 2.75) is 6.10 Å². The molecule has 0 bridgehead atoms. The molecular weight excluding hydrogens is 358 g/mol. The first-order valence-electron chi connectivity index (χ1n) is 9.12. The van der Waals surface area contributed by atoms with E-state index in [-0.39, 0.29) is 18.4 Å². The summed E-state index contributed by atoms with van der Waals surface area (Å²) in [5.74, 6) is 0.735. The second kappa shape index (κ2) is 7.64. The van der Waals surface area contributed by atoms with Crippen LogP contribution in [-0.4, -0.2) is 42.2 Å². The molecule has 7 nitrogen and oxygen atoms in total. The Morgan fingerprint density at radius 3 is 2.57 bits per heavy atom. The van der Waals surface area contributed by atoms with Crippen LogP contribution in [0.5, 0.6) is 11.5 Å². The average molecular weight is 379 g/mol. The summed E-state index contributed by atoms with van der Waals surface area (Å²) in [6.45, 7) is 0.775. The maximum Gasteiger partial charge on any atom is 0.267 e. The number of nitrogens with zero attached hydrogens (tertiary/aromatic N) is 1. The molecule has 2 N–H and O–H groups in total. The Morgan fingerprint density at radius 2 is 1.75 bits per heavy atom. The molecule has 0 fully saturated rings. The molecule has 1 aromatic heterocycles. The standard InChI is InChI=1S/C21H21N3O4/c1-24-15-7-3-2-6-14(15)12-16(24)20(25)22-10-11-23-21(26)19-13-27-17-8-4-5-9-18(17)28-19/h2-9,12,19H,10-11,13H2,1H3,(H,22,25)(H,23,26). The number of ether oxygens (including phenoxy) is 2. The monoisotopic (exact) mass is 379 g/mol. The van der Waals surface area contributed by atoms with E-state index in [1.54, 1.807) is 12.1 Å². The van der Waals surface area contributed by atoms with Gasteiger partial charge in [0.1, 0.15) is 12.3 Å². The van der Waals surface area contributed by atoms with Gasteiger partial charge in [0.15, 0.2) is 11.5 Å². The second-order valence-electron chi connectivity index (χ2n) is 6.56. The summed E-state index contributed by atoms with van der Waals surface area (Å²) >= 11 is 0. The van der Waals surface area contributed by atoms with Crippen molar-refractivity contribution in [2.75, 3.05) is 19.7 Å². The molecule has 0 saturated heterocycles. The fourth-order valence-electron chi connectivity index (χ4n) is 3.22. The maximum absolute atomic E-state index is 12.4. The molecule has 0 radical (unpaired) electrons. The number of aryl methyl sites for hydroxylation is 1. The van der Waals surface area contributed by atoms with Crippen LogP contribution < -0.4 is 20.1 Å². The molecule has 1 aliphatic heterocycles. The first-order valence-corrected chi connectivity index (χ1v) is 9.12. The Kier molecular flexibility index (Phi) is 4.89. The molecule has 2 heterocycles. The van der Waals surface area contributed by atoms with Gasteiger partial charge < -0.3 is 24.7 Å². The van der Waals surface area contributed by atoms with Gasteiger partial charge in [-0.05, 0) is 24.3 Å². The van der Waals surface area contributed by atoms with E-state index >= 15 is 0 Å². The van der Waals surface area contributed by atoms with Crippen molar-refractivity contribution < 1.29 is 19.1 Å². The molecule has 3 aromatic rings. The van der Waals surface area contributed by atoms with E-state index < -0.39 is 6.10 Å². The number of hydrogen-bond donors (Lipinski definition) is 2. The van der Waals surface area contributed by atoms with Gasteiger partial charge in [-0.15, -0.1) is 0 Å². The zero-order valence-corrected chi connectivity index (χ0v) is 15.5. The van der Waals surface area contributed by atoms with Gasteiger partial charge in [0, 0.05) is 31.0 Å². The third-order valence-corrected chi connectivity index (χ3v) is 4.70. The highest BCUT2D eigenvalue weighted by atomic mass is 16.6. The van der Waals surface area contributed by atoms with Crippen molar-refractivity contribution in [1.82, 2.24) is 15.2 Å². The smallest absolute Gasteiger partial charge is 0.267 e. The number of hydrogen-bond acceptors (Lipinski definition) is 4. The van der Waals surface area contributed by atoms with Gasteiger partial charge in [-0.2, -0.15) is 0 Å². The van der Waals surface area contributed by atoms with E-state index in [9.17, 15) is 9.59 Å². The zero-order valence-electron chi connectivity index (χ0n) is 15.5. The third-order valence-electron chi connectivity index (χ3n) is 4.70. The lowest BCUT2D eigenvalue weighted by atomic mass is 10.2. The fraction of sp³-hybridized carbons (Fsp3) is 0.238. The molecule has 2 amide bonds. The Hall–Kier alpha value is -3.48. The van der Waals surface area contributed by atoms with Crippen LogP contribution in [0.15, 0.2) is 54.6 Å². The summed E-state index contributed by atoms with van der Waals surface area (Å²) in [5.41, 5.74) is 1.57. The van der Waals surface area contributed by atoms with Crippen LogP contribution >= 0.6 is 0 Å². The Bertz CT molecular complexity index is 1030. The lowest BCUT2D eigenvalue weighted by Crippen LogP contribution is -2.46. The number of amides is 2. The Balaban J connectivity index is 1.27. The van der Waals surface area contributed by atoms with E-state index in [4.69, 9.17) is 9.47 Å². The second-order valence-corrected chi connectivity index (χ2v) is 6.56. The number of aromatic nitrogens is 1. The normalized spacial score (nSPS) is 15.2. The van der Waals surface area contributed by atoms with Crippen LogP contribution in [0.3, 0.4) is 0 Å². The minimum atomic E-state index is -0.705. The molecule has 1 aliphatic rings. The van der Waals surface area contributed by atoms with Crippen molar-refractivity contribution >= 4 is 22.7 Å². The molecule has 144 valence electrons. The number of carbonyl (C=O) groups is 2. The van der Waals surface area contributed by atoms with Crippen molar-refractivity contribution in [3.8, 4) is 11.5 Å². The van der Waals surface area contributed by atoms with Gasteiger partial charge in [-0.1, -0.05) is 30.3 Å². The van der Waals surface area contributed by atoms with Crippen LogP contribution in [0.1, 0.15) is 10.5 Å². The third kappa shape index (κ3) is 3.51. The SMILES string of the molecule is Cn1c(C(=O)NCCNC(=O)C2COc3ccccc3O2)cc2ccccc21. The Morgan fingerprint density at radius 1 is 1.04 bits per heavy atom. The Labute approximate surface area is 162 Å². The van der Waals surface area contributed by atoms with Crippen molar-refractivity contribution in [3.63, 3.8) is 0 Å². The molecule has 28 heavy (non-hydrogen) atoms. The minimum absolute atomic E-state index is 0.158. The van der Waals surface area contributed by atoms with Gasteiger partial charge in [0.05, 0.1) is 0 Å². The van der Waals surface area contributed by atoms with Gasteiger partial charge in [0.2, 0.25) is 6.10 Å². The molecular formula is C21H21N3O4. The molecule has 1 unspecified atom stereocenters. The summed E-state index contributed by atoms with van der Waals surface area (Å²) in [6, 6.07) is 16.9. The summed E-state index contributed by atoms with van der Waals surface area (Å²) < 4.78 is 13.1. The number of benzene rings is 2. The molecule has 7 heteroatoms. The van der Waals surface area contributed by atoms with Crippen molar-refractivity contribution in [1.29, 1.82) is 0 Å². The van der Waals surface area contributed by atoms with Gasteiger partial charge >= 0.3 is 0 Å². The molecule has 2 aromatic carbocycles. The van der Waals surface area contributed by atoms with Crippen LogP contribution in [-0.2, 0) is 11.8 Å². The van der Waals surface area contributed by atoms with Crippen LogP contribution in [0.2, 0.25) is 0 Å². The zero-order chi connectivity index (χ0) is 19.5. The quantitative estimate of drug-likeness (QED) is 0.663. The number of fused-ring (bicyclic) bond motifs is 2. The predicted molar refractivity (Wildman–Crippen MR) is 105 cm³/mol. The van der Waals surface area contributed by atoms with E-state index in [0.717, 1.165) is 10.9 Å². The molecule has 1 atom stereocenters. The maximum atomic E-state index is 12.4. The molecule has 0 aliphatic carbocycles. The van der Waals surface area contributed by atoms with Crippen LogP contribution in [0.4, 0.5) is 0 Å². The summed E-state index contributed by atoms with van der Waals surface area (Å²) in [5, 5.41) is 6.61. The summed E-state index contributed by atoms with van der Waals surface area (Å²) in [6.07, 6.45) is -0.705. The van der Waals surface area contributed by atoms with E-state index in [0.29, 0.717) is 30.3 Å². The first-order chi connectivity index (χ1) is 13.6. The fourth-order valence-corrected chi connectivity index (χ4v) is 3.22. The van der Waals surface area contributed by atoms with Gasteiger partial charge in [-0.25, -0.2) is 0 Å². The van der Waals surface area contributed by atoms with Crippen molar-refractivity contribution in [2.24, 2.45) is 7.05 Å². The summed E-state index contributed by atoms with van der Waals surface area (Å²) in [7, 11) is 1.86. The lowest BCUT2D eigenvalue weighted by molar-refractivity contribution is -0.130. The topological polar surface area (TPSA) is 81.6 Å². The molecule has 0 spiro atoms. The molecule has 0 saturated carbocycles. The molecule has 4 rings (SSSR count). The minimum Gasteiger partial charge on any atom is -0.485 e.